The van der Waals surface area contributed by atoms with Crippen molar-refractivity contribution >= 4 is 22.2 Å². The van der Waals surface area contributed by atoms with Gasteiger partial charge in [0.1, 0.15) is 18.0 Å². The van der Waals surface area contributed by atoms with E-state index in [0.29, 0.717) is 28.0 Å². The number of rotatable bonds is 2. The third-order valence-electron chi connectivity index (χ3n) is 5.79. The summed E-state index contributed by atoms with van der Waals surface area (Å²) >= 11 is 0. The summed E-state index contributed by atoms with van der Waals surface area (Å²) in [6.45, 7) is 0. The third kappa shape index (κ3) is 2.50. The van der Waals surface area contributed by atoms with Crippen LogP contribution in [0.4, 0.5) is 4.39 Å². The van der Waals surface area contributed by atoms with Crippen LogP contribution in [-0.4, -0.2) is 29.1 Å². The molecule has 30 heavy (non-hydrogen) atoms. The van der Waals surface area contributed by atoms with Crippen molar-refractivity contribution < 1.29 is 4.39 Å². The van der Waals surface area contributed by atoms with Crippen LogP contribution in [0.5, 0.6) is 0 Å². The van der Waals surface area contributed by atoms with Gasteiger partial charge in [-0.3, -0.25) is 14.1 Å². The Morgan fingerprint density at radius 2 is 2.07 bits per heavy atom. The van der Waals surface area contributed by atoms with Gasteiger partial charge in [-0.2, -0.15) is 0 Å². The second-order valence-electron chi connectivity index (χ2n) is 7.54. The molecule has 6 rings (SSSR count). The highest BCUT2D eigenvalue weighted by Gasteiger charge is 2.26. The fourth-order valence-electron chi connectivity index (χ4n) is 4.43. The molecule has 1 aliphatic carbocycles. The molecule has 0 bridgehead atoms. The van der Waals surface area contributed by atoms with E-state index in [4.69, 9.17) is 4.98 Å². The van der Waals surface area contributed by atoms with E-state index in [1.807, 2.05) is 18.2 Å². The number of pyridine rings is 2. The highest BCUT2D eigenvalue weighted by molar-refractivity contribution is 5.78. The van der Waals surface area contributed by atoms with Crippen LogP contribution in [0.15, 0.2) is 59.8 Å². The molecule has 0 radical (unpaired) electrons. The number of nitrogens with one attached hydrogen (secondary N) is 1. The van der Waals surface area contributed by atoms with Crippen molar-refractivity contribution in [2.75, 3.05) is 0 Å². The molecule has 4 heterocycles. The lowest BCUT2D eigenvalue weighted by Crippen LogP contribution is -2.27. The maximum absolute atomic E-state index is 13.8. The van der Waals surface area contributed by atoms with Gasteiger partial charge in [-0.05, 0) is 55.2 Å². The molecule has 0 saturated carbocycles. The predicted octanol–water partition coefficient (Wildman–Crippen LogP) is 3.52. The number of hydrogen-bond acceptors (Lipinski definition) is 4. The molecular weight excluding hydrogens is 383 g/mol. The summed E-state index contributed by atoms with van der Waals surface area (Å²) in [6.07, 6.45) is 6.12. The summed E-state index contributed by atoms with van der Waals surface area (Å²) in [6, 6.07) is 11.9. The van der Waals surface area contributed by atoms with Crippen LogP contribution in [-0.2, 0) is 6.42 Å². The minimum atomic E-state index is -0.338. The highest BCUT2D eigenvalue weighted by Crippen LogP contribution is 2.32. The van der Waals surface area contributed by atoms with Gasteiger partial charge in [-0.15, -0.1) is 0 Å². The number of benzene rings is 1. The third-order valence-corrected chi connectivity index (χ3v) is 5.79. The number of fused-ring (bicyclic) bond motifs is 3. The molecule has 1 N–H and O–H groups in total. The molecule has 0 amide bonds. The number of halogens is 1. The predicted molar refractivity (Wildman–Crippen MR) is 110 cm³/mol. The van der Waals surface area contributed by atoms with Gasteiger partial charge in [0.25, 0.3) is 0 Å². The number of aryl methyl sites for hydroxylation is 1. The van der Waals surface area contributed by atoms with Gasteiger partial charge in [0.2, 0.25) is 0 Å². The number of nitrogens with zero attached hydrogens (tertiary/aromatic N) is 5. The van der Waals surface area contributed by atoms with E-state index < -0.39 is 0 Å². The molecule has 1 atom stereocenters. The van der Waals surface area contributed by atoms with Crippen molar-refractivity contribution in [2.45, 2.75) is 25.3 Å². The molecule has 5 aromatic rings. The van der Waals surface area contributed by atoms with E-state index in [9.17, 15) is 9.18 Å². The maximum Gasteiger partial charge on any atom is 0.328 e. The van der Waals surface area contributed by atoms with Gasteiger partial charge < -0.3 is 4.98 Å². The summed E-state index contributed by atoms with van der Waals surface area (Å²) in [4.78, 5) is 29.4. The first-order chi connectivity index (χ1) is 14.7. The lowest BCUT2D eigenvalue weighted by molar-refractivity contribution is 0.481. The lowest BCUT2D eigenvalue weighted by atomic mass is 9.91. The Morgan fingerprint density at radius 3 is 3.00 bits per heavy atom. The number of H-pyrrole nitrogens is 1. The Labute approximate surface area is 169 Å². The van der Waals surface area contributed by atoms with Crippen LogP contribution in [0.3, 0.4) is 0 Å². The zero-order valence-electron chi connectivity index (χ0n) is 15.9. The van der Waals surface area contributed by atoms with E-state index in [1.165, 1.54) is 12.1 Å². The van der Waals surface area contributed by atoms with Crippen molar-refractivity contribution in [1.82, 2.24) is 29.1 Å². The SMILES string of the molecule is O=c1[nH]c2ccc(-n3cnc4ccc(F)cc43)nc2n1C1CCCc2ncccc21. The Balaban J connectivity index is 1.56. The molecule has 1 aromatic carbocycles. The van der Waals surface area contributed by atoms with Crippen molar-refractivity contribution in [3.63, 3.8) is 0 Å². The standard InChI is InChI=1S/C22H17FN6O/c23-13-6-7-16-19(11-13)28(12-25-16)20-9-8-17-21(27-20)29(22(30)26-17)18-5-1-4-15-14(18)3-2-10-24-15/h2-3,6-12,18H,1,4-5H2,(H,26,30). The van der Waals surface area contributed by atoms with Gasteiger partial charge in [0, 0.05) is 18.0 Å². The smallest absolute Gasteiger partial charge is 0.304 e. The number of imidazole rings is 2. The average molecular weight is 400 g/mol. The summed E-state index contributed by atoms with van der Waals surface area (Å²) in [7, 11) is 0. The first-order valence-corrected chi connectivity index (χ1v) is 9.87. The maximum atomic E-state index is 13.8. The first kappa shape index (κ1) is 17.1. The van der Waals surface area contributed by atoms with Crippen LogP contribution in [0.25, 0.3) is 28.0 Å². The van der Waals surface area contributed by atoms with E-state index in [1.54, 1.807) is 33.8 Å². The number of aromatic nitrogens is 6. The van der Waals surface area contributed by atoms with E-state index in [-0.39, 0.29) is 17.5 Å². The molecule has 8 heteroatoms. The van der Waals surface area contributed by atoms with E-state index in [2.05, 4.69) is 15.0 Å². The molecule has 0 saturated heterocycles. The second kappa shape index (κ2) is 6.35. The minimum absolute atomic E-state index is 0.122. The largest absolute Gasteiger partial charge is 0.328 e. The van der Waals surface area contributed by atoms with Gasteiger partial charge in [-0.1, -0.05) is 6.07 Å². The molecule has 4 aromatic heterocycles. The first-order valence-electron chi connectivity index (χ1n) is 9.87. The van der Waals surface area contributed by atoms with Crippen LogP contribution >= 0.6 is 0 Å². The van der Waals surface area contributed by atoms with Gasteiger partial charge in [0.05, 0.1) is 22.6 Å². The fraction of sp³-hybridized carbons (Fsp3) is 0.182. The van der Waals surface area contributed by atoms with Crippen LogP contribution in [0.2, 0.25) is 0 Å². The van der Waals surface area contributed by atoms with Crippen LogP contribution in [0, 0.1) is 5.82 Å². The highest BCUT2D eigenvalue weighted by atomic mass is 19.1. The molecule has 148 valence electrons. The molecule has 0 spiro atoms. The summed E-state index contributed by atoms with van der Waals surface area (Å²) in [5.74, 6) is 0.237. The fourth-order valence-corrected chi connectivity index (χ4v) is 4.43. The minimum Gasteiger partial charge on any atom is -0.304 e. The average Bonchev–Trinajstić information content (AvgIpc) is 3.32. The van der Waals surface area contributed by atoms with Gasteiger partial charge >= 0.3 is 5.69 Å². The van der Waals surface area contributed by atoms with Crippen molar-refractivity contribution in [3.8, 4) is 5.82 Å². The summed E-state index contributed by atoms with van der Waals surface area (Å²) in [5, 5.41) is 0. The van der Waals surface area contributed by atoms with Gasteiger partial charge in [0.15, 0.2) is 5.65 Å². The second-order valence-corrected chi connectivity index (χ2v) is 7.54. The molecule has 7 nitrogen and oxygen atoms in total. The van der Waals surface area contributed by atoms with Crippen molar-refractivity contribution in [2.24, 2.45) is 0 Å². The Bertz CT molecular complexity index is 1480. The van der Waals surface area contributed by atoms with Crippen molar-refractivity contribution in [3.05, 3.63) is 82.5 Å². The van der Waals surface area contributed by atoms with Gasteiger partial charge in [-0.25, -0.2) is 19.2 Å². The van der Waals surface area contributed by atoms with Crippen LogP contribution < -0.4 is 5.69 Å². The molecule has 1 aliphatic rings. The number of aromatic amines is 1. The van der Waals surface area contributed by atoms with Crippen molar-refractivity contribution in [1.29, 1.82) is 0 Å². The Morgan fingerprint density at radius 1 is 1.13 bits per heavy atom. The zero-order chi connectivity index (χ0) is 20.2. The molecular formula is C22H17FN6O. The normalized spacial score (nSPS) is 16.2. The molecule has 0 fully saturated rings. The van der Waals surface area contributed by atoms with E-state index >= 15 is 0 Å². The Hall–Kier alpha value is -3.81. The monoisotopic (exact) mass is 400 g/mol. The number of hydrogen-bond donors (Lipinski definition) is 1. The quantitative estimate of drug-likeness (QED) is 0.492. The zero-order valence-corrected chi connectivity index (χ0v) is 15.9. The Kier molecular flexibility index (Phi) is 3.61. The lowest BCUT2D eigenvalue weighted by Gasteiger charge is -2.25. The topological polar surface area (TPSA) is 81.4 Å². The van der Waals surface area contributed by atoms with Crippen LogP contribution in [0.1, 0.15) is 30.1 Å². The summed E-state index contributed by atoms with van der Waals surface area (Å²) < 4.78 is 17.2. The molecule has 0 aliphatic heterocycles. The van der Waals surface area contributed by atoms with E-state index in [0.717, 1.165) is 30.5 Å². The summed E-state index contributed by atoms with van der Waals surface area (Å²) in [5.41, 5.74) is 4.43. The molecule has 1 unspecified atom stereocenters.